The zero-order valence-corrected chi connectivity index (χ0v) is 9.77. The van der Waals surface area contributed by atoms with Gasteiger partial charge in [0.1, 0.15) is 12.4 Å². The zero-order chi connectivity index (χ0) is 13.4. The predicted octanol–water partition coefficient (Wildman–Crippen LogP) is 1.27. The van der Waals surface area contributed by atoms with E-state index in [1.165, 1.54) is 31.5 Å². The van der Waals surface area contributed by atoms with Gasteiger partial charge in [0.25, 0.3) is 0 Å². The molecule has 1 aromatic rings. The predicted molar refractivity (Wildman–Crippen MR) is 64.0 cm³/mol. The molecule has 0 aliphatic heterocycles. The Kier molecular flexibility index (Phi) is 5.37. The van der Waals surface area contributed by atoms with Crippen LogP contribution in [0.3, 0.4) is 0 Å². The first-order chi connectivity index (χ1) is 8.61. The SMILES string of the molecule is COC(=O)CNC(=O)N/C=C/c1cccc(F)c1. The Hall–Kier alpha value is -2.37. The van der Waals surface area contributed by atoms with Gasteiger partial charge in [-0.2, -0.15) is 0 Å². The Labute approximate surface area is 104 Å². The van der Waals surface area contributed by atoms with Gasteiger partial charge in [0, 0.05) is 6.20 Å². The topological polar surface area (TPSA) is 67.4 Å². The van der Waals surface area contributed by atoms with Gasteiger partial charge < -0.3 is 15.4 Å². The van der Waals surface area contributed by atoms with Crippen molar-refractivity contribution < 1.29 is 18.7 Å². The molecule has 0 unspecified atom stereocenters. The number of ether oxygens (including phenoxy) is 1. The smallest absolute Gasteiger partial charge is 0.325 e. The number of benzene rings is 1. The molecule has 1 aromatic carbocycles. The van der Waals surface area contributed by atoms with Crippen LogP contribution in [0.15, 0.2) is 30.5 Å². The van der Waals surface area contributed by atoms with Gasteiger partial charge in [0.2, 0.25) is 0 Å². The van der Waals surface area contributed by atoms with Crippen molar-refractivity contribution in [1.82, 2.24) is 10.6 Å². The second-order valence-corrected chi connectivity index (χ2v) is 3.29. The number of carbonyl (C=O) groups excluding carboxylic acids is 2. The number of carbonyl (C=O) groups is 2. The normalized spacial score (nSPS) is 10.1. The number of esters is 1. The number of hydrogen-bond acceptors (Lipinski definition) is 3. The number of halogens is 1. The molecule has 5 nitrogen and oxygen atoms in total. The van der Waals surface area contributed by atoms with Crippen LogP contribution in [-0.2, 0) is 9.53 Å². The molecule has 0 atom stereocenters. The van der Waals surface area contributed by atoms with Gasteiger partial charge in [0.15, 0.2) is 0 Å². The van der Waals surface area contributed by atoms with Crippen molar-refractivity contribution in [3.63, 3.8) is 0 Å². The molecule has 1 rings (SSSR count). The van der Waals surface area contributed by atoms with Crippen molar-refractivity contribution in [2.75, 3.05) is 13.7 Å². The van der Waals surface area contributed by atoms with Crippen LogP contribution in [0.4, 0.5) is 9.18 Å². The Morgan fingerprint density at radius 1 is 1.44 bits per heavy atom. The molecule has 18 heavy (non-hydrogen) atoms. The highest BCUT2D eigenvalue weighted by atomic mass is 19.1. The summed E-state index contributed by atoms with van der Waals surface area (Å²) in [6, 6.07) is 5.35. The molecule has 0 saturated heterocycles. The van der Waals surface area contributed by atoms with Crippen molar-refractivity contribution in [2.24, 2.45) is 0 Å². The summed E-state index contributed by atoms with van der Waals surface area (Å²) in [5.41, 5.74) is 0.614. The van der Waals surface area contributed by atoms with Crippen molar-refractivity contribution >= 4 is 18.1 Å². The summed E-state index contributed by atoms with van der Waals surface area (Å²) in [7, 11) is 1.23. The summed E-state index contributed by atoms with van der Waals surface area (Å²) in [4.78, 5) is 21.9. The Morgan fingerprint density at radius 3 is 2.89 bits per heavy atom. The van der Waals surface area contributed by atoms with E-state index in [1.54, 1.807) is 12.1 Å². The molecule has 2 amide bonds. The standard InChI is InChI=1S/C12H13FN2O3/c1-18-11(16)8-15-12(17)14-6-5-9-3-2-4-10(13)7-9/h2-7H,8H2,1H3,(H2,14,15,17)/b6-5+. The molecule has 6 heteroatoms. The molecule has 0 aromatic heterocycles. The fourth-order valence-electron chi connectivity index (χ4n) is 1.10. The van der Waals surface area contributed by atoms with E-state index in [1.807, 2.05) is 0 Å². The van der Waals surface area contributed by atoms with Crippen molar-refractivity contribution in [2.45, 2.75) is 0 Å². The van der Waals surface area contributed by atoms with Crippen LogP contribution in [0.5, 0.6) is 0 Å². The number of nitrogens with one attached hydrogen (secondary N) is 2. The number of rotatable bonds is 4. The molecule has 0 saturated carbocycles. The van der Waals surface area contributed by atoms with Crippen LogP contribution < -0.4 is 10.6 Å². The lowest BCUT2D eigenvalue weighted by molar-refractivity contribution is -0.139. The average molecular weight is 252 g/mol. The third-order valence-corrected chi connectivity index (χ3v) is 1.96. The lowest BCUT2D eigenvalue weighted by Crippen LogP contribution is -2.36. The van der Waals surface area contributed by atoms with Gasteiger partial charge in [0.05, 0.1) is 7.11 Å². The molecule has 0 fully saturated rings. The molecule has 0 spiro atoms. The Morgan fingerprint density at radius 2 is 2.22 bits per heavy atom. The summed E-state index contributed by atoms with van der Waals surface area (Å²) in [6.45, 7) is -0.212. The van der Waals surface area contributed by atoms with Crippen LogP contribution in [0.25, 0.3) is 6.08 Å². The minimum absolute atomic E-state index is 0.212. The fourth-order valence-corrected chi connectivity index (χ4v) is 1.10. The van der Waals surface area contributed by atoms with Crippen molar-refractivity contribution in [3.05, 3.63) is 41.8 Å². The summed E-state index contributed by atoms with van der Waals surface area (Å²) in [5, 5.41) is 4.65. The largest absolute Gasteiger partial charge is 0.468 e. The van der Waals surface area contributed by atoms with Gasteiger partial charge in [-0.15, -0.1) is 0 Å². The molecular weight excluding hydrogens is 239 g/mol. The highest BCUT2D eigenvalue weighted by molar-refractivity contribution is 5.81. The molecule has 0 aliphatic rings. The second-order valence-electron chi connectivity index (χ2n) is 3.29. The number of amides is 2. The average Bonchev–Trinajstić information content (AvgIpc) is 2.36. The third-order valence-electron chi connectivity index (χ3n) is 1.96. The van der Waals surface area contributed by atoms with E-state index in [0.29, 0.717) is 5.56 Å². The number of urea groups is 1. The van der Waals surface area contributed by atoms with Gasteiger partial charge in [-0.1, -0.05) is 12.1 Å². The number of hydrogen-bond donors (Lipinski definition) is 2. The third kappa shape index (κ3) is 5.11. The van der Waals surface area contributed by atoms with Gasteiger partial charge >= 0.3 is 12.0 Å². The molecule has 96 valence electrons. The molecule has 2 N–H and O–H groups in total. The van der Waals surface area contributed by atoms with Gasteiger partial charge in [-0.3, -0.25) is 4.79 Å². The molecule has 0 aliphatic carbocycles. The van der Waals surface area contributed by atoms with Crippen LogP contribution in [0.2, 0.25) is 0 Å². The van der Waals surface area contributed by atoms with E-state index < -0.39 is 12.0 Å². The van der Waals surface area contributed by atoms with E-state index in [2.05, 4.69) is 15.4 Å². The van der Waals surface area contributed by atoms with Crippen LogP contribution >= 0.6 is 0 Å². The van der Waals surface area contributed by atoms with E-state index in [9.17, 15) is 14.0 Å². The quantitative estimate of drug-likeness (QED) is 0.793. The summed E-state index contributed by atoms with van der Waals surface area (Å²) < 4.78 is 17.2. The van der Waals surface area contributed by atoms with Crippen LogP contribution in [-0.4, -0.2) is 25.7 Å². The maximum atomic E-state index is 12.8. The first-order valence-electron chi connectivity index (χ1n) is 5.15. The van der Waals surface area contributed by atoms with Gasteiger partial charge in [-0.05, 0) is 23.8 Å². The minimum atomic E-state index is -0.548. The van der Waals surface area contributed by atoms with Crippen molar-refractivity contribution in [3.8, 4) is 0 Å². The maximum absolute atomic E-state index is 12.8. The summed E-state index contributed by atoms with van der Waals surface area (Å²) >= 11 is 0. The molecule has 0 radical (unpaired) electrons. The maximum Gasteiger partial charge on any atom is 0.325 e. The lowest BCUT2D eigenvalue weighted by atomic mass is 10.2. The molecular formula is C12H13FN2O3. The Balaban J connectivity index is 2.36. The summed E-state index contributed by atoms with van der Waals surface area (Å²) in [6.07, 6.45) is 2.88. The summed E-state index contributed by atoms with van der Waals surface area (Å²) in [5.74, 6) is -0.897. The first kappa shape index (κ1) is 13.7. The first-order valence-corrected chi connectivity index (χ1v) is 5.15. The monoisotopic (exact) mass is 252 g/mol. The molecule has 0 bridgehead atoms. The van der Waals surface area contributed by atoms with Crippen molar-refractivity contribution in [1.29, 1.82) is 0 Å². The molecule has 0 heterocycles. The number of methoxy groups -OCH3 is 1. The highest BCUT2D eigenvalue weighted by Gasteiger charge is 2.02. The fraction of sp³-hybridized carbons (Fsp3) is 0.167. The highest BCUT2D eigenvalue weighted by Crippen LogP contribution is 2.04. The van der Waals surface area contributed by atoms with E-state index >= 15 is 0 Å². The van der Waals surface area contributed by atoms with Crippen LogP contribution in [0.1, 0.15) is 5.56 Å². The Bertz CT molecular complexity index is 460. The van der Waals surface area contributed by atoms with Gasteiger partial charge in [-0.25, -0.2) is 9.18 Å². The van der Waals surface area contributed by atoms with E-state index in [0.717, 1.165) is 0 Å². The second kappa shape index (κ2) is 7.05. The van der Waals surface area contributed by atoms with E-state index in [-0.39, 0.29) is 12.4 Å². The zero-order valence-electron chi connectivity index (χ0n) is 9.77. The lowest BCUT2D eigenvalue weighted by Gasteiger charge is -2.02. The van der Waals surface area contributed by atoms with Crippen LogP contribution in [0, 0.1) is 5.82 Å². The van der Waals surface area contributed by atoms with E-state index in [4.69, 9.17) is 0 Å². The minimum Gasteiger partial charge on any atom is -0.468 e.